The predicted molar refractivity (Wildman–Crippen MR) is 54.0 cm³/mol. The molecule has 0 bridgehead atoms. The fraction of sp³-hybridized carbons (Fsp3) is 0.444. The minimum atomic E-state index is -0.338. The highest BCUT2D eigenvalue weighted by atomic mass is 16.3. The van der Waals surface area contributed by atoms with Crippen LogP contribution in [0.15, 0.2) is 24.1 Å². The minimum Gasteiger partial charge on any atom is -0.513 e. The van der Waals surface area contributed by atoms with Crippen molar-refractivity contribution >= 4 is 5.84 Å². The van der Waals surface area contributed by atoms with Crippen molar-refractivity contribution in [3.63, 3.8) is 0 Å². The van der Waals surface area contributed by atoms with Gasteiger partial charge in [-0.25, -0.2) is 0 Å². The van der Waals surface area contributed by atoms with Gasteiger partial charge in [0.1, 0.15) is 12.1 Å². The third-order valence-electron chi connectivity index (χ3n) is 2.09. The summed E-state index contributed by atoms with van der Waals surface area (Å²) in [7, 11) is 0. The number of aliphatic hydroxyl groups excluding tert-OH is 2. The van der Waals surface area contributed by atoms with Crippen LogP contribution in [0.3, 0.4) is 0 Å². The molecule has 0 saturated carbocycles. The third kappa shape index (κ3) is 2.77. The van der Waals surface area contributed by atoms with Gasteiger partial charge in [-0.15, -0.1) is 0 Å². The summed E-state index contributed by atoms with van der Waals surface area (Å²) in [5.74, 6) is 0.298. The van der Waals surface area contributed by atoms with Crippen LogP contribution in [0.2, 0.25) is 0 Å². The van der Waals surface area contributed by atoms with Gasteiger partial charge in [0.15, 0.2) is 0 Å². The molecule has 0 amide bonds. The molecule has 0 aliphatic carbocycles. The number of nitrogens with zero attached hydrogens (tertiary/aromatic N) is 1. The fourth-order valence-corrected chi connectivity index (χ4v) is 1.28. The molecule has 0 radical (unpaired) electrons. The van der Waals surface area contributed by atoms with Crippen molar-refractivity contribution in [1.29, 1.82) is 5.41 Å². The summed E-state index contributed by atoms with van der Waals surface area (Å²) in [5, 5.41) is 25.3. The van der Waals surface area contributed by atoms with E-state index in [4.69, 9.17) is 16.2 Å². The Labute approximate surface area is 82.6 Å². The quantitative estimate of drug-likeness (QED) is 0.216. The van der Waals surface area contributed by atoms with Gasteiger partial charge in [0, 0.05) is 13.1 Å². The molecular formula is C9H15N3O2. The molecule has 1 aliphatic rings. The van der Waals surface area contributed by atoms with E-state index in [0.717, 1.165) is 6.26 Å². The van der Waals surface area contributed by atoms with Crippen LogP contribution in [0.25, 0.3) is 0 Å². The Bertz CT molecular complexity index is 273. The summed E-state index contributed by atoms with van der Waals surface area (Å²) in [5.41, 5.74) is 5.51. The van der Waals surface area contributed by atoms with E-state index >= 15 is 0 Å². The maximum absolute atomic E-state index is 9.23. The van der Waals surface area contributed by atoms with Crippen LogP contribution in [0, 0.1) is 5.41 Å². The number of β-amino-alcohol motifs (C(OH)–C–C–N with tert-alkyl or cyclic N) is 1. The summed E-state index contributed by atoms with van der Waals surface area (Å²) in [6, 6.07) is 0. The molecule has 1 heterocycles. The van der Waals surface area contributed by atoms with Crippen LogP contribution >= 0.6 is 0 Å². The van der Waals surface area contributed by atoms with Gasteiger partial charge in [-0.05, 0) is 18.6 Å². The van der Waals surface area contributed by atoms with E-state index < -0.39 is 0 Å². The summed E-state index contributed by atoms with van der Waals surface area (Å²) < 4.78 is 0. The number of nitrogens with two attached hydrogens (primary N) is 1. The molecule has 5 nitrogen and oxygen atoms in total. The van der Waals surface area contributed by atoms with Crippen LogP contribution in [0.4, 0.5) is 0 Å². The van der Waals surface area contributed by atoms with E-state index in [-0.39, 0.29) is 11.8 Å². The first-order chi connectivity index (χ1) is 6.63. The zero-order valence-corrected chi connectivity index (χ0v) is 7.85. The number of rotatable bonds is 2. The smallest absolute Gasteiger partial charge is 0.120 e. The van der Waals surface area contributed by atoms with Crippen molar-refractivity contribution in [1.82, 2.24) is 4.90 Å². The molecule has 0 spiro atoms. The molecule has 1 rings (SSSR count). The molecule has 0 aromatic carbocycles. The Kier molecular flexibility index (Phi) is 3.53. The second-order valence-corrected chi connectivity index (χ2v) is 3.24. The van der Waals surface area contributed by atoms with Gasteiger partial charge >= 0.3 is 0 Å². The molecule has 1 fully saturated rings. The van der Waals surface area contributed by atoms with E-state index in [1.807, 2.05) is 0 Å². The van der Waals surface area contributed by atoms with Gasteiger partial charge in [0.25, 0.3) is 0 Å². The number of nitrogens with one attached hydrogen (secondary N) is 1. The number of amidine groups is 1. The Morgan fingerprint density at radius 3 is 2.71 bits per heavy atom. The zero-order valence-electron chi connectivity index (χ0n) is 7.85. The Morgan fingerprint density at radius 1 is 1.50 bits per heavy atom. The van der Waals surface area contributed by atoms with Gasteiger partial charge in [0.2, 0.25) is 0 Å². The second-order valence-electron chi connectivity index (χ2n) is 3.24. The first-order valence-corrected chi connectivity index (χ1v) is 4.43. The van der Waals surface area contributed by atoms with Crippen LogP contribution in [0.5, 0.6) is 0 Å². The molecule has 5 N–H and O–H groups in total. The lowest BCUT2D eigenvalue weighted by Crippen LogP contribution is -2.27. The van der Waals surface area contributed by atoms with Gasteiger partial charge in [-0.2, -0.15) is 0 Å². The van der Waals surface area contributed by atoms with Gasteiger partial charge in [0.05, 0.1) is 11.8 Å². The highest BCUT2D eigenvalue weighted by molar-refractivity contribution is 5.90. The number of aliphatic hydroxyl groups is 2. The third-order valence-corrected chi connectivity index (χ3v) is 2.09. The normalized spacial score (nSPS) is 23.4. The number of hydrogen-bond donors (Lipinski definition) is 4. The molecule has 14 heavy (non-hydrogen) atoms. The molecule has 1 atom stereocenters. The highest BCUT2D eigenvalue weighted by Gasteiger charge is 2.20. The monoisotopic (exact) mass is 197 g/mol. The average molecular weight is 197 g/mol. The lowest BCUT2D eigenvalue weighted by Gasteiger charge is -2.15. The minimum absolute atomic E-state index is 0.203. The van der Waals surface area contributed by atoms with Crippen LogP contribution in [-0.2, 0) is 0 Å². The molecule has 5 heteroatoms. The lowest BCUT2D eigenvalue weighted by atomic mass is 10.3. The molecular weight excluding hydrogens is 182 g/mol. The molecule has 0 aromatic rings. The average Bonchev–Trinajstić information content (AvgIpc) is 2.60. The Hall–Kier alpha value is -1.49. The maximum atomic E-state index is 9.23. The van der Waals surface area contributed by atoms with E-state index in [2.05, 4.69) is 0 Å². The van der Waals surface area contributed by atoms with Crippen molar-refractivity contribution in [3.8, 4) is 0 Å². The van der Waals surface area contributed by atoms with Gasteiger partial charge < -0.3 is 20.8 Å². The predicted octanol–water partition coefficient (Wildman–Crippen LogP) is -0.0554. The molecule has 1 aliphatic heterocycles. The molecule has 1 unspecified atom stereocenters. The van der Waals surface area contributed by atoms with Gasteiger partial charge in [-0.1, -0.05) is 0 Å². The summed E-state index contributed by atoms with van der Waals surface area (Å²) in [6.07, 6.45) is 4.09. The molecule has 1 saturated heterocycles. The Morgan fingerprint density at radius 2 is 2.21 bits per heavy atom. The first-order valence-electron chi connectivity index (χ1n) is 4.43. The summed E-state index contributed by atoms with van der Waals surface area (Å²) >= 11 is 0. The first kappa shape index (κ1) is 10.6. The fourth-order valence-electron chi connectivity index (χ4n) is 1.28. The summed E-state index contributed by atoms with van der Waals surface area (Å²) in [4.78, 5) is 1.76. The molecule has 78 valence electrons. The van der Waals surface area contributed by atoms with E-state index in [1.165, 1.54) is 12.2 Å². The Balaban J connectivity index is 2.46. The SMILES string of the molecule is N=C(C=CC(N)=CO)N1CCC(O)C1. The van der Waals surface area contributed by atoms with E-state index in [0.29, 0.717) is 25.3 Å². The van der Waals surface area contributed by atoms with Crippen LogP contribution in [0.1, 0.15) is 6.42 Å². The standard InChI is InChI=1S/C9H15N3O2/c10-7(6-13)1-2-9(11)12-4-3-8(14)5-12/h1-2,6,8,11,13-14H,3-5,10H2. The zero-order chi connectivity index (χ0) is 10.6. The van der Waals surface area contributed by atoms with Crippen molar-refractivity contribution in [2.75, 3.05) is 13.1 Å². The molecule has 0 aromatic heterocycles. The topological polar surface area (TPSA) is 93.6 Å². The van der Waals surface area contributed by atoms with Crippen LogP contribution < -0.4 is 5.73 Å². The van der Waals surface area contributed by atoms with E-state index in [9.17, 15) is 5.11 Å². The number of likely N-dealkylation sites (tertiary alicyclic amines) is 1. The highest BCUT2D eigenvalue weighted by Crippen LogP contribution is 2.09. The number of hydrogen-bond acceptors (Lipinski definition) is 4. The maximum Gasteiger partial charge on any atom is 0.120 e. The van der Waals surface area contributed by atoms with Crippen molar-refractivity contribution < 1.29 is 10.2 Å². The second kappa shape index (κ2) is 4.66. The van der Waals surface area contributed by atoms with Crippen molar-refractivity contribution in [2.24, 2.45) is 5.73 Å². The summed E-state index contributed by atoms with van der Waals surface area (Å²) in [6.45, 7) is 1.18. The largest absolute Gasteiger partial charge is 0.513 e. The number of allylic oxidation sites excluding steroid dienone is 1. The van der Waals surface area contributed by atoms with Crippen molar-refractivity contribution in [2.45, 2.75) is 12.5 Å². The van der Waals surface area contributed by atoms with Crippen LogP contribution in [-0.4, -0.2) is 40.1 Å². The van der Waals surface area contributed by atoms with E-state index in [1.54, 1.807) is 4.90 Å². The van der Waals surface area contributed by atoms with Gasteiger partial charge in [-0.3, -0.25) is 5.41 Å². The van der Waals surface area contributed by atoms with Crippen molar-refractivity contribution in [3.05, 3.63) is 24.1 Å². The lowest BCUT2D eigenvalue weighted by molar-refractivity contribution is 0.188.